The molecule has 0 unspecified atom stereocenters. The first-order valence-electron chi connectivity index (χ1n) is 9.45. The molecule has 0 spiro atoms. The Hall–Kier alpha value is -2.27. The highest BCUT2D eigenvalue weighted by molar-refractivity contribution is 5.95. The molecule has 1 aromatic carbocycles. The van der Waals surface area contributed by atoms with Crippen LogP contribution >= 0.6 is 0 Å². The summed E-state index contributed by atoms with van der Waals surface area (Å²) in [6.07, 6.45) is 2.73. The molecule has 0 N–H and O–H groups in total. The van der Waals surface area contributed by atoms with Crippen molar-refractivity contribution in [3.8, 4) is 11.4 Å². The molecular formula is C21H28N4O. The van der Waals surface area contributed by atoms with E-state index in [0.717, 1.165) is 37.3 Å². The summed E-state index contributed by atoms with van der Waals surface area (Å²) in [7, 11) is 0. The van der Waals surface area contributed by atoms with Crippen molar-refractivity contribution in [2.75, 3.05) is 19.6 Å². The maximum absolute atomic E-state index is 13.0. The summed E-state index contributed by atoms with van der Waals surface area (Å²) in [6, 6.07) is 10.8. The van der Waals surface area contributed by atoms with Gasteiger partial charge in [0.1, 0.15) is 0 Å². The smallest absolute Gasteiger partial charge is 0.257 e. The van der Waals surface area contributed by atoms with E-state index in [-0.39, 0.29) is 5.91 Å². The number of carbonyl (C=O) groups excluding carboxylic acids is 1. The molecular weight excluding hydrogens is 324 g/mol. The van der Waals surface area contributed by atoms with Crippen LogP contribution in [0.15, 0.2) is 36.5 Å². The van der Waals surface area contributed by atoms with Crippen LogP contribution in [0.25, 0.3) is 11.4 Å². The van der Waals surface area contributed by atoms with Gasteiger partial charge in [-0.15, -0.1) is 0 Å². The fourth-order valence-electron chi connectivity index (χ4n) is 3.67. The predicted molar refractivity (Wildman–Crippen MR) is 104 cm³/mol. The van der Waals surface area contributed by atoms with E-state index in [0.29, 0.717) is 23.5 Å². The monoisotopic (exact) mass is 352 g/mol. The number of carbonyl (C=O) groups is 1. The van der Waals surface area contributed by atoms with Gasteiger partial charge in [0.2, 0.25) is 0 Å². The Balaban J connectivity index is 1.78. The molecule has 1 aliphatic heterocycles. The van der Waals surface area contributed by atoms with Gasteiger partial charge in [-0.05, 0) is 27.2 Å². The van der Waals surface area contributed by atoms with Crippen LogP contribution in [0.4, 0.5) is 0 Å². The second-order valence-corrected chi connectivity index (χ2v) is 7.20. The van der Waals surface area contributed by atoms with Gasteiger partial charge in [-0.2, -0.15) is 0 Å². The second kappa shape index (κ2) is 7.96. The van der Waals surface area contributed by atoms with E-state index >= 15 is 0 Å². The predicted octanol–water partition coefficient (Wildman–Crippen LogP) is 3.40. The fourth-order valence-corrected chi connectivity index (χ4v) is 3.67. The molecule has 2 aromatic rings. The fraction of sp³-hybridized carbons (Fsp3) is 0.476. The molecule has 5 nitrogen and oxygen atoms in total. The van der Waals surface area contributed by atoms with E-state index in [1.165, 1.54) is 0 Å². The zero-order chi connectivity index (χ0) is 18.7. The van der Waals surface area contributed by atoms with Crippen LogP contribution in [0, 0.1) is 6.92 Å². The molecule has 1 amide bonds. The van der Waals surface area contributed by atoms with Gasteiger partial charge >= 0.3 is 0 Å². The van der Waals surface area contributed by atoms with E-state index in [9.17, 15) is 4.79 Å². The maximum Gasteiger partial charge on any atom is 0.257 e. The number of rotatable bonds is 4. The van der Waals surface area contributed by atoms with Crippen LogP contribution < -0.4 is 0 Å². The van der Waals surface area contributed by atoms with Crippen LogP contribution in [0.1, 0.15) is 43.2 Å². The summed E-state index contributed by atoms with van der Waals surface area (Å²) in [5.74, 6) is 0.708. The summed E-state index contributed by atoms with van der Waals surface area (Å²) >= 11 is 0. The minimum atomic E-state index is 0.0453. The van der Waals surface area contributed by atoms with Crippen molar-refractivity contribution in [2.24, 2.45) is 0 Å². The summed E-state index contributed by atoms with van der Waals surface area (Å²) in [5, 5.41) is 0. The van der Waals surface area contributed by atoms with E-state index in [1.54, 1.807) is 6.20 Å². The molecule has 0 bridgehead atoms. The number of aromatic nitrogens is 2. The van der Waals surface area contributed by atoms with Gasteiger partial charge in [0, 0.05) is 43.5 Å². The van der Waals surface area contributed by atoms with Gasteiger partial charge in [0.25, 0.3) is 5.91 Å². The Morgan fingerprint density at radius 1 is 1.23 bits per heavy atom. The highest BCUT2D eigenvalue weighted by Gasteiger charge is 2.31. The van der Waals surface area contributed by atoms with Crippen molar-refractivity contribution in [1.82, 2.24) is 19.8 Å². The lowest BCUT2D eigenvalue weighted by Crippen LogP contribution is -2.56. The third kappa shape index (κ3) is 3.78. The average molecular weight is 352 g/mol. The van der Waals surface area contributed by atoms with Gasteiger partial charge in [-0.1, -0.05) is 37.3 Å². The molecule has 2 heterocycles. The summed E-state index contributed by atoms with van der Waals surface area (Å²) in [5.41, 5.74) is 2.31. The number of piperazine rings is 1. The Kier molecular flexibility index (Phi) is 5.67. The molecule has 1 atom stereocenters. The molecule has 0 saturated carbocycles. The molecule has 1 aliphatic rings. The number of hydrogen-bond acceptors (Lipinski definition) is 4. The molecule has 1 saturated heterocycles. The Bertz CT molecular complexity index is 760. The molecule has 1 fully saturated rings. The Morgan fingerprint density at radius 3 is 2.58 bits per heavy atom. The number of aryl methyl sites for hydroxylation is 1. The lowest BCUT2D eigenvalue weighted by atomic mass is 10.1. The molecule has 138 valence electrons. The normalized spacial score (nSPS) is 18.3. The minimum absolute atomic E-state index is 0.0453. The van der Waals surface area contributed by atoms with Crippen LogP contribution in [0.2, 0.25) is 0 Å². The largest absolute Gasteiger partial charge is 0.336 e. The van der Waals surface area contributed by atoms with Crippen molar-refractivity contribution >= 4 is 5.91 Å². The Labute approximate surface area is 156 Å². The molecule has 26 heavy (non-hydrogen) atoms. The second-order valence-electron chi connectivity index (χ2n) is 7.20. The summed E-state index contributed by atoms with van der Waals surface area (Å²) < 4.78 is 0. The summed E-state index contributed by atoms with van der Waals surface area (Å²) in [6.45, 7) is 11.0. The number of amides is 1. The van der Waals surface area contributed by atoms with E-state index < -0.39 is 0 Å². The highest BCUT2D eigenvalue weighted by atomic mass is 16.2. The Morgan fingerprint density at radius 2 is 1.96 bits per heavy atom. The van der Waals surface area contributed by atoms with E-state index in [4.69, 9.17) is 0 Å². The number of benzene rings is 1. The van der Waals surface area contributed by atoms with Crippen LogP contribution in [-0.4, -0.2) is 57.4 Å². The third-order valence-corrected chi connectivity index (χ3v) is 5.19. The van der Waals surface area contributed by atoms with E-state index in [2.05, 4.69) is 35.6 Å². The molecule has 0 radical (unpaired) electrons. The molecule has 0 aliphatic carbocycles. The van der Waals surface area contributed by atoms with E-state index in [1.807, 2.05) is 42.2 Å². The van der Waals surface area contributed by atoms with Crippen LogP contribution in [0.5, 0.6) is 0 Å². The van der Waals surface area contributed by atoms with Gasteiger partial charge in [0.05, 0.1) is 11.3 Å². The standard InChI is InChI=1S/C21H28N4O/c1-5-18-14-24(11-12-25(18)15(2)3)21(26)19-13-22-20(23-16(19)4)17-9-7-6-8-10-17/h6-10,13,15,18H,5,11-12,14H2,1-4H3/t18-/m1/s1. The van der Waals surface area contributed by atoms with Gasteiger partial charge < -0.3 is 4.90 Å². The zero-order valence-corrected chi connectivity index (χ0v) is 16.1. The summed E-state index contributed by atoms with van der Waals surface area (Å²) in [4.78, 5) is 26.5. The lowest BCUT2D eigenvalue weighted by Gasteiger charge is -2.43. The average Bonchev–Trinajstić information content (AvgIpc) is 2.67. The highest BCUT2D eigenvalue weighted by Crippen LogP contribution is 2.20. The molecule has 5 heteroatoms. The lowest BCUT2D eigenvalue weighted by molar-refractivity contribution is 0.0370. The van der Waals surface area contributed by atoms with Crippen molar-refractivity contribution in [2.45, 2.75) is 46.2 Å². The third-order valence-electron chi connectivity index (χ3n) is 5.19. The van der Waals surface area contributed by atoms with Gasteiger partial charge in [0.15, 0.2) is 5.82 Å². The van der Waals surface area contributed by atoms with Gasteiger partial charge in [-0.3, -0.25) is 9.69 Å². The van der Waals surface area contributed by atoms with Crippen LogP contribution in [0.3, 0.4) is 0 Å². The minimum Gasteiger partial charge on any atom is -0.336 e. The topological polar surface area (TPSA) is 49.3 Å². The quantitative estimate of drug-likeness (QED) is 0.846. The zero-order valence-electron chi connectivity index (χ0n) is 16.1. The molecule has 1 aromatic heterocycles. The first-order chi connectivity index (χ1) is 12.5. The maximum atomic E-state index is 13.0. The van der Waals surface area contributed by atoms with Crippen LogP contribution in [-0.2, 0) is 0 Å². The molecule has 3 rings (SSSR count). The number of nitrogens with zero attached hydrogens (tertiary/aromatic N) is 4. The first-order valence-corrected chi connectivity index (χ1v) is 9.45. The van der Waals surface area contributed by atoms with Crippen molar-refractivity contribution < 1.29 is 4.79 Å². The first kappa shape index (κ1) is 18.5. The van der Waals surface area contributed by atoms with Gasteiger partial charge in [-0.25, -0.2) is 9.97 Å². The number of hydrogen-bond donors (Lipinski definition) is 0. The van der Waals surface area contributed by atoms with Crippen molar-refractivity contribution in [1.29, 1.82) is 0 Å². The van der Waals surface area contributed by atoms with Crippen molar-refractivity contribution in [3.05, 3.63) is 47.8 Å². The SMILES string of the molecule is CC[C@@H]1CN(C(=O)c2cnc(-c3ccccc3)nc2C)CCN1C(C)C. The van der Waals surface area contributed by atoms with Crippen molar-refractivity contribution in [3.63, 3.8) is 0 Å².